The lowest BCUT2D eigenvalue weighted by atomic mass is 9.83. The molecule has 0 radical (unpaired) electrons. The lowest BCUT2D eigenvalue weighted by Gasteiger charge is -2.35. The molecule has 0 saturated carbocycles. The maximum absolute atomic E-state index is 14.4. The molecule has 4 heterocycles. The second kappa shape index (κ2) is 24.8. The molecule has 2 aromatic rings. The first-order chi connectivity index (χ1) is 32.9. The van der Waals surface area contributed by atoms with E-state index in [0.717, 1.165) is 36.8 Å². The standard InChI is InChI=1S/C52H77N7O8S2/c1-33(2)45(60)54-37-23-27-68-41-29-51(4,5)43(58(41)49(37)64)47(62)56-39(35-19-13-11-14-20-35)31-66-25-17-9-10-18-26-67-32-40(36-21-15-12-16-22-36)57-48(63)44-52(6,7)30-42-59(44)50(65)38(24-28-69-42)55-46(61)34(3)53-8/h11-16,19-22,33-34,37-44,53H,9-10,17-18,23-32H2,1-8H3,(H,54,60)(H,55,61)(H,56,62)(H,57,63)/t34-,37-,38-,39+,40+,41-,42-,43+,44+/m0/s1. The first kappa shape index (κ1) is 54.2. The van der Waals surface area contributed by atoms with Crippen molar-refractivity contribution in [3.8, 4) is 0 Å². The van der Waals surface area contributed by atoms with Crippen LogP contribution in [0.3, 0.4) is 0 Å². The van der Waals surface area contributed by atoms with Gasteiger partial charge in [0.1, 0.15) is 24.2 Å². The molecule has 9 atom stereocenters. The van der Waals surface area contributed by atoms with E-state index in [0.29, 0.717) is 50.4 Å². The topological polar surface area (TPSA) is 188 Å². The Labute approximate surface area is 418 Å². The summed E-state index contributed by atoms with van der Waals surface area (Å²) in [5.74, 6) is -0.128. The predicted molar refractivity (Wildman–Crippen MR) is 272 cm³/mol. The van der Waals surface area contributed by atoms with Crippen LogP contribution < -0.4 is 26.6 Å². The Bertz CT molecular complexity index is 2060. The van der Waals surface area contributed by atoms with E-state index in [-0.39, 0.29) is 65.3 Å². The molecule has 0 unspecified atom stereocenters. The van der Waals surface area contributed by atoms with Crippen LogP contribution in [-0.4, -0.2) is 131 Å². The molecule has 4 aliphatic rings. The number of hydrogen-bond acceptors (Lipinski definition) is 11. The van der Waals surface area contributed by atoms with Gasteiger partial charge in [-0.2, -0.15) is 0 Å². The third-order valence-electron chi connectivity index (χ3n) is 14.0. The Kier molecular flexibility index (Phi) is 19.5. The third-order valence-corrected chi connectivity index (χ3v) is 16.5. The van der Waals surface area contributed by atoms with Crippen LogP contribution in [0.25, 0.3) is 0 Å². The number of carbonyl (C=O) groups is 6. The minimum absolute atomic E-state index is 0.147. The number of thioether (sulfide) groups is 2. The number of rotatable bonds is 22. The maximum atomic E-state index is 14.4. The number of likely N-dealkylation sites (N-methyl/N-ethyl adjacent to an activating group) is 1. The van der Waals surface area contributed by atoms with Crippen molar-refractivity contribution in [3.63, 3.8) is 0 Å². The van der Waals surface area contributed by atoms with Gasteiger partial charge in [-0.3, -0.25) is 28.8 Å². The van der Waals surface area contributed by atoms with Gasteiger partial charge in [0.05, 0.1) is 42.1 Å². The molecule has 4 aliphatic heterocycles. The molecule has 2 aromatic carbocycles. The highest BCUT2D eigenvalue weighted by Crippen LogP contribution is 2.48. The number of nitrogens with zero attached hydrogens (tertiary/aromatic N) is 2. The monoisotopic (exact) mass is 992 g/mol. The van der Waals surface area contributed by atoms with E-state index < -0.39 is 53.1 Å². The largest absolute Gasteiger partial charge is 0.379 e. The van der Waals surface area contributed by atoms with Crippen molar-refractivity contribution >= 4 is 59.0 Å². The van der Waals surface area contributed by atoms with Gasteiger partial charge in [0.25, 0.3) is 0 Å². The number of hydrogen-bond donors (Lipinski definition) is 5. The second-order valence-electron chi connectivity index (χ2n) is 20.7. The lowest BCUT2D eigenvalue weighted by molar-refractivity contribution is -0.144. The zero-order valence-corrected chi connectivity index (χ0v) is 43.6. The van der Waals surface area contributed by atoms with Crippen LogP contribution in [0.5, 0.6) is 0 Å². The molecule has 15 nitrogen and oxygen atoms in total. The molecule has 0 aromatic heterocycles. The van der Waals surface area contributed by atoms with Crippen LogP contribution >= 0.6 is 23.5 Å². The van der Waals surface area contributed by atoms with Gasteiger partial charge in [0, 0.05) is 19.1 Å². The number of amides is 6. The van der Waals surface area contributed by atoms with E-state index in [1.54, 1.807) is 61.1 Å². The summed E-state index contributed by atoms with van der Waals surface area (Å²) in [5.41, 5.74) is 0.854. The molecule has 0 bridgehead atoms. The third kappa shape index (κ3) is 13.8. The minimum Gasteiger partial charge on any atom is -0.379 e. The fourth-order valence-corrected chi connectivity index (χ4v) is 13.1. The minimum atomic E-state index is -0.718. The zero-order chi connectivity index (χ0) is 49.9. The molecular formula is C52H77N7O8S2. The smallest absolute Gasteiger partial charge is 0.246 e. The Morgan fingerprint density at radius 1 is 0.638 bits per heavy atom. The van der Waals surface area contributed by atoms with E-state index in [4.69, 9.17) is 9.47 Å². The molecular weight excluding hydrogens is 915 g/mol. The molecule has 380 valence electrons. The number of unbranched alkanes of at least 4 members (excludes halogenated alkanes) is 3. The van der Waals surface area contributed by atoms with Crippen molar-refractivity contribution in [3.05, 3.63) is 71.8 Å². The van der Waals surface area contributed by atoms with Crippen molar-refractivity contribution in [2.75, 3.05) is 45.0 Å². The normalized spacial score (nSPS) is 25.4. The molecule has 69 heavy (non-hydrogen) atoms. The Morgan fingerprint density at radius 2 is 1.04 bits per heavy atom. The van der Waals surface area contributed by atoms with Crippen LogP contribution in [0, 0.1) is 16.7 Å². The van der Waals surface area contributed by atoms with E-state index in [2.05, 4.69) is 26.6 Å². The summed E-state index contributed by atoms with van der Waals surface area (Å²) < 4.78 is 12.4. The second-order valence-corrected chi connectivity index (χ2v) is 23.3. The molecule has 4 fully saturated rings. The van der Waals surface area contributed by atoms with Crippen molar-refractivity contribution in [1.82, 2.24) is 36.4 Å². The predicted octanol–water partition coefficient (Wildman–Crippen LogP) is 5.71. The molecule has 17 heteroatoms. The van der Waals surface area contributed by atoms with Gasteiger partial charge in [-0.05, 0) is 86.0 Å². The SMILES string of the molecule is CN[C@@H](C)C(=O)N[C@H]1CCS[C@H]2CC(C)(C)[C@@H](C(=O)N[C@H](COCCCCCCOC[C@@H](NC(=O)[C@H]3N4C(=O)[C@@H](NC(=O)C(C)C)CCS[C@H]4CC3(C)C)c3ccccc3)c3ccccc3)N2C1=O. The van der Waals surface area contributed by atoms with Gasteiger partial charge in [0.15, 0.2) is 0 Å². The fourth-order valence-electron chi connectivity index (χ4n) is 9.95. The van der Waals surface area contributed by atoms with Crippen LogP contribution in [0.1, 0.15) is 123 Å². The molecule has 0 aliphatic carbocycles. The Hall–Kier alpha value is -4.16. The summed E-state index contributed by atoms with van der Waals surface area (Å²) in [6.45, 7) is 15.1. The van der Waals surface area contributed by atoms with Gasteiger partial charge in [-0.15, -0.1) is 23.5 Å². The summed E-state index contributed by atoms with van der Waals surface area (Å²) in [6.07, 6.45) is 5.85. The maximum Gasteiger partial charge on any atom is 0.246 e. The van der Waals surface area contributed by atoms with Crippen LogP contribution in [0.4, 0.5) is 0 Å². The van der Waals surface area contributed by atoms with E-state index >= 15 is 0 Å². The van der Waals surface area contributed by atoms with Crippen LogP contribution in [0.15, 0.2) is 60.7 Å². The summed E-state index contributed by atoms with van der Waals surface area (Å²) in [5, 5.41) is 15.0. The highest BCUT2D eigenvalue weighted by molar-refractivity contribution is 8.00. The first-order valence-corrected chi connectivity index (χ1v) is 27.0. The van der Waals surface area contributed by atoms with Crippen molar-refractivity contribution in [2.45, 2.75) is 153 Å². The average Bonchev–Trinajstić information content (AvgIpc) is 3.64. The first-order valence-electron chi connectivity index (χ1n) is 24.9. The van der Waals surface area contributed by atoms with Crippen LogP contribution in [0.2, 0.25) is 0 Å². The Balaban J connectivity index is 0.977. The molecule has 5 N–H and O–H groups in total. The average molecular weight is 992 g/mol. The summed E-state index contributed by atoms with van der Waals surface area (Å²) >= 11 is 3.35. The summed E-state index contributed by atoms with van der Waals surface area (Å²) in [7, 11) is 1.70. The molecule has 0 spiro atoms. The van der Waals surface area contributed by atoms with Crippen molar-refractivity contribution in [1.29, 1.82) is 0 Å². The van der Waals surface area contributed by atoms with Gasteiger partial charge in [-0.1, -0.05) is 115 Å². The number of nitrogens with one attached hydrogen (secondary N) is 5. The number of benzene rings is 2. The van der Waals surface area contributed by atoms with Gasteiger partial charge < -0.3 is 45.9 Å². The number of carbonyl (C=O) groups excluding carboxylic acids is 6. The van der Waals surface area contributed by atoms with Gasteiger partial charge in [-0.25, -0.2) is 0 Å². The van der Waals surface area contributed by atoms with E-state index in [1.807, 2.05) is 88.4 Å². The van der Waals surface area contributed by atoms with Gasteiger partial charge >= 0.3 is 0 Å². The molecule has 4 saturated heterocycles. The van der Waals surface area contributed by atoms with Crippen molar-refractivity contribution < 1.29 is 38.2 Å². The number of fused-ring (bicyclic) bond motifs is 2. The molecule has 6 rings (SSSR count). The van der Waals surface area contributed by atoms with E-state index in [1.165, 1.54) is 0 Å². The van der Waals surface area contributed by atoms with E-state index in [9.17, 15) is 28.8 Å². The summed E-state index contributed by atoms with van der Waals surface area (Å²) in [4.78, 5) is 85.8. The van der Waals surface area contributed by atoms with Crippen molar-refractivity contribution in [2.24, 2.45) is 16.7 Å². The van der Waals surface area contributed by atoms with Gasteiger partial charge in [0.2, 0.25) is 35.4 Å². The molecule has 6 amide bonds. The zero-order valence-electron chi connectivity index (χ0n) is 41.9. The summed E-state index contributed by atoms with van der Waals surface area (Å²) in [6, 6.07) is 15.4. The lowest BCUT2D eigenvalue weighted by Crippen LogP contribution is -2.58. The highest BCUT2D eigenvalue weighted by Gasteiger charge is 2.56. The fraction of sp³-hybridized carbons (Fsp3) is 0.654. The quantitative estimate of drug-likeness (QED) is 0.0911. The number of ether oxygens (including phenoxy) is 2. The highest BCUT2D eigenvalue weighted by atomic mass is 32.2. The van der Waals surface area contributed by atoms with Crippen LogP contribution in [-0.2, 0) is 38.2 Å². The Morgan fingerprint density at radius 3 is 1.43 bits per heavy atom.